The van der Waals surface area contributed by atoms with Crippen LogP contribution in [0.25, 0.3) is 0 Å². The van der Waals surface area contributed by atoms with Gasteiger partial charge in [-0.1, -0.05) is 13.8 Å². The highest BCUT2D eigenvalue weighted by Crippen LogP contribution is 2.34. The predicted molar refractivity (Wildman–Crippen MR) is 81.4 cm³/mol. The van der Waals surface area contributed by atoms with Gasteiger partial charge < -0.3 is 9.88 Å². The molecule has 1 N–H and O–H groups in total. The minimum atomic E-state index is 0.676. The van der Waals surface area contributed by atoms with Crippen LogP contribution in [-0.2, 0) is 13.1 Å². The summed E-state index contributed by atoms with van der Waals surface area (Å²) < 4.78 is 2.29. The monoisotopic (exact) mass is 276 g/mol. The normalized spacial score (nSPS) is 35.0. The molecule has 0 radical (unpaired) electrons. The van der Waals surface area contributed by atoms with Crippen LogP contribution in [0.15, 0.2) is 12.4 Å². The van der Waals surface area contributed by atoms with Gasteiger partial charge in [0.05, 0.1) is 6.54 Å². The number of nitrogens with one attached hydrogen (secondary N) is 1. The van der Waals surface area contributed by atoms with Crippen molar-refractivity contribution in [2.45, 2.75) is 45.8 Å². The summed E-state index contributed by atoms with van der Waals surface area (Å²) in [7, 11) is 2.13. The average Bonchev–Trinajstić information content (AvgIpc) is 2.89. The second-order valence-corrected chi connectivity index (χ2v) is 6.88. The van der Waals surface area contributed by atoms with E-state index < -0.39 is 0 Å². The van der Waals surface area contributed by atoms with Gasteiger partial charge in [0, 0.05) is 38.1 Å². The first-order valence-electron chi connectivity index (χ1n) is 8.07. The molecule has 3 rings (SSSR count). The zero-order chi connectivity index (χ0) is 14.1. The van der Waals surface area contributed by atoms with Crippen molar-refractivity contribution in [2.24, 2.45) is 17.8 Å². The fourth-order valence-electron chi connectivity index (χ4n) is 4.23. The van der Waals surface area contributed by atoms with E-state index in [2.05, 4.69) is 46.9 Å². The molecule has 1 aromatic heterocycles. The van der Waals surface area contributed by atoms with Crippen molar-refractivity contribution in [1.29, 1.82) is 0 Å². The van der Waals surface area contributed by atoms with Gasteiger partial charge in [0.1, 0.15) is 5.82 Å². The molecule has 4 nitrogen and oxygen atoms in total. The van der Waals surface area contributed by atoms with E-state index in [1.165, 1.54) is 31.8 Å². The molecule has 0 aromatic carbocycles. The Morgan fingerprint density at radius 2 is 2.15 bits per heavy atom. The van der Waals surface area contributed by atoms with E-state index in [0.29, 0.717) is 6.04 Å². The highest BCUT2D eigenvalue weighted by atomic mass is 15.2. The quantitative estimate of drug-likeness (QED) is 0.916. The second-order valence-electron chi connectivity index (χ2n) is 6.88. The Labute approximate surface area is 122 Å². The van der Waals surface area contributed by atoms with Crippen LogP contribution in [0.3, 0.4) is 0 Å². The maximum Gasteiger partial charge on any atom is 0.122 e. The van der Waals surface area contributed by atoms with E-state index in [9.17, 15) is 0 Å². The molecule has 1 aliphatic carbocycles. The largest absolute Gasteiger partial charge is 0.333 e. The second kappa shape index (κ2) is 5.86. The third kappa shape index (κ3) is 2.77. The molecular formula is C16H28N4. The smallest absolute Gasteiger partial charge is 0.122 e. The summed E-state index contributed by atoms with van der Waals surface area (Å²) in [5, 5.41) is 3.57. The highest BCUT2D eigenvalue weighted by molar-refractivity contribution is 4.97. The van der Waals surface area contributed by atoms with Gasteiger partial charge in [-0.25, -0.2) is 4.98 Å². The van der Waals surface area contributed by atoms with Crippen molar-refractivity contribution < 1.29 is 0 Å². The Balaban J connectivity index is 1.65. The number of hydrogen-bond donors (Lipinski definition) is 1. The molecule has 1 fully saturated rings. The molecule has 4 heteroatoms. The van der Waals surface area contributed by atoms with Gasteiger partial charge in [-0.3, -0.25) is 4.90 Å². The third-order valence-corrected chi connectivity index (χ3v) is 5.34. The van der Waals surface area contributed by atoms with E-state index in [1.807, 2.05) is 6.20 Å². The van der Waals surface area contributed by atoms with Gasteiger partial charge in [0.2, 0.25) is 0 Å². The van der Waals surface area contributed by atoms with E-state index >= 15 is 0 Å². The van der Waals surface area contributed by atoms with Crippen molar-refractivity contribution in [2.75, 3.05) is 20.1 Å². The summed E-state index contributed by atoms with van der Waals surface area (Å²) >= 11 is 0. The Kier molecular flexibility index (Phi) is 4.13. The lowest BCUT2D eigenvalue weighted by Gasteiger charge is -2.42. The summed E-state index contributed by atoms with van der Waals surface area (Å²) in [5.74, 6) is 3.68. The fraction of sp³-hybridized carbons (Fsp3) is 0.812. The molecule has 2 aliphatic rings. The van der Waals surface area contributed by atoms with E-state index in [4.69, 9.17) is 0 Å². The maximum absolute atomic E-state index is 4.48. The maximum atomic E-state index is 4.48. The molecule has 1 aromatic rings. The molecule has 112 valence electrons. The Bertz CT molecular complexity index is 441. The van der Waals surface area contributed by atoms with Crippen molar-refractivity contribution in [3.63, 3.8) is 0 Å². The lowest BCUT2D eigenvalue weighted by Crippen LogP contribution is -2.49. The number of fused-ring (bicyclic) bond motifs is 1. The van der Waals surface area contributed by atoms with Crippen LogP contribution in [0.5, 0.6) is 0 Å². The highest BCUT2D eigenvalue weighted by Gasteiger charge is 2.34. The molecule has 1 saturated carbocycles. The molecule has 4 atom stereocenters. The summed E-state index contributed by atoms with van der Waals surface area (Å²) in [5.41, 5.74) is 0. The minimum Gasteiger partial charge on any atom is -0.333 e. The summed E-state index contributed by atoms with van der Waals surface area (Å²) in [6.07, 6.45) is 6.74. The summed E-state index contributed by atoms with van der Waals surface area (Å²) in [4.78, 5) is 7.08. The fourth-order valence-corrected chi connectivity index (χ4v) is 4.23. The SMILES string of the molecule is CNC1CC(C)CC(C)C1CN1CCn2ccnc2C1. The molecule has 2 heterocycles. The zero-order valence-electron chi connectivity index (χ0n) is 13.0. The van der Waals surface area contributed by atoms with Crippen LogP contribution in [0.1, 0.15) is 32.5 Å². The first kappa shape index (κ1) is 14.1. The van der Waals surface area contributed by atoms with Crippen LogP contribution in [0.4, 0.5) is 0 Å². The number of nitrogens with zero attached hydrogens (tertiary/aromatic N) is 3. The number of rotatable bonds is 3. The molecule has 20 heavy (non-hydrogen) atoms. The van der Waals surface area contributed by atoms with Gasteiger partial charge in [-0.2, -0.15) is 0 Å². The Morgan fingerprint density at radius 1 is 1.30 bits per heavy atom. The first-order valence-corrected chi connectivity index (χ1v) is 8.07. The standard InChI is InChI=1S/C16H28N4/c1-12-8-13(2)14(15(9-12)17-3)10-19-6-7-20-5-4-18-16(20)11-19/h4-5,12-15,17H,6-11H2,1-3H3. The molecule has 4 unspecified atom stereocenters. The molecule has 0 bridgehead atoms. The Morgan fingerprint density at radius 3 is 2.95 bits per heavy atom. The number of imidazole rings is 1. The topological polar surface area (TPSA) is 33.1 Å². The zero-order valence-corrected chi connectivity index (χ0v) is 13.0. The van der Waals surface area contributed by atoms with E-state index in [-0.39, 0.29) is 0 Å². The van der Waals surface area contributed by atoms with E-state index in [1.54, 1.807) is 0 Å². The van der Waals surface area contributed by atoms with Crippen LogP contribution < -0.4 is 5.32 Å². The number of hydrogen-bond acceptors (Lipinski definition) is 3. The summed E-state index contributed by atoms with van der Waals surface area (Å²) in [6.45, 7) is 9.33. The van der Waals surface area contributed by atoms with Gasteiger partial charge >= 0.3 is 0 Å². The number of aromatic nitrogens is 2. The minimum absolute atomic E-state index is 0.676. The predicted octanol–water partition coefficient (Wildman–Crippen LogP) is 1.97. The Hall–Kier alpha value is -0.870. The van der Waals surface area contributed by atoms with Gasteiger partial charge in [0.25, 0.3) is 0 Å². The third-order valence-electron chi connectivity index (χ3n) is 5.34. The van der Waals surface area contributed by atoms with Crippen LogP contribution in [0.2, 0.25) is 0 Å². The van der Waals surface area contributed by atoms with Gasteiger partial charge in [-0.05, 0) is 37.6 Å². The van der Waals surface area contributed by atoms with Crippen molar-refractivity contribution in [3.8, 4) is 0 Å². The lowest BCUT2D eigenvalue weighted by molar-refractivity contribution is 0.0905. The van der Waals surface area contributed by atoms with Gasteiger partial charge in [0.15, 0.2) is 0 Å². The van der Waals surface area contributed by atoms with Gasteiger partial charge in [-0.15, -0.1) is 0 Å². The van der Waals surface area contributed by atoms with Crippen molar-refractivity contribution >= 4 is 0 Å². The van der Waals surface area contributed by atoms with Crippen LogP contribution in [0, 0.1) is 17.8 Å². The first-order chi connectivity index (χ1) is 9.67. The molecule has 0 saturated heterocycles. The van der Waals surface area contributed by atoms with E-state index in [0.717, 1.165) is 30.8 Å². The summed E-state index contributed by atoms with van der Waals surface area (Å²) in [6, 6.07) is 0.676. The average molecular weight is 276 g/mol. The van der Waals surface area contributed by atoms with Crippen LogP contribution in [-0.4, -0.2) is 40.6 Å². The van der Waals surface area contributed by atoms with Crippen LogP contribution >= 0.6 is 0 Å². The van der Waals surface area contributed by atoms with Crippen molar-refractivity contribution in [1.82, 2.24) is 19.8 Å². The molecule has 0 spiro atoms. The van der Waals surface area contributed by atoms with Crippen molar-refractivity contribution in [3.05, 3.63) is 18.2 Å². The molecule has 0 amide bonds. The lowest BCUT2D eigenvalue weighted by atomic mass is 9.72. The molecule has 1 aliphatic heterocycles. The molecular weight excluding hydrogens is 248 g/mol.